The maximum atomic E-state index is 14.0. The largest absolute Gasteiger partial charge is 0.367 e. The summed E-state index contributed by atoms with van der Waals surface area (Å²) >= 11 is 0. The SMILES string of the molecule is CC1=NCc2cc(F)c(N3CCNCC3)cc21. The summed E-state index contributed by atoms with van der Waals surface area (Å²) < 4.78 is 14.0. The Balaban J connectivity index is 1.99. The van der Waals surface area contributed by atoms with Gasteiger partial charge in [0.1, 0.15) is 5.82 Å². The molecule has 0 aromatic heterocycles. The molecule has 2 heterocycles. The molecular formula is C13H16FN3. The van der Waals surface area contributed by atoms with Gasteiger partial charge in [-0.2, -0.15) is 0 Å². The molecule has 3 rings (SSSR count). The fourth-order valence-electron chi connectivity index (χ4n) is 2.51. The Kier molecular flexibility index (Phi) is 2.59. The van der Waals surface area contributed by atoms with Crippen molar-refractivity contribution < 1.29 is 4.39 Å². The number of piperazine rings is 1. The smallest absolute Gasteiger partial charge is 0.146 e. The van der Waals surface area contributed by atoms with Crippen molar-refractivity contribution >= 4 is 11.4 Å². The highest BCUT2D eigenvalue weighted by Crippen LogP contribution is 2.28. The zero-order chi connectivity index (χ0) is 11.8. The Morgan fingerprint density at radius 3 is 2.82 bits per heavy atom. The first-order valence-corrected chi connectivity index (χ1v) is 6.05. The number of hydrogen-bond donors (Lipinski definition) is 1. The molecule has 4 heteroatoms. The van der Waals surface area contributed by atoms with E-state index >= 15 is 0 Å². The minimum Gasteiger partial charge on any atom is -0.367 e. The number of hydrogen-bond acceptors (Lipinski definition) is 3. The third kappa shape index (κ3) is 1.82. The molecule has 0 radical (unpaired) electrons. The van der Waals surface area contributed by atoms with Crippen LogP contribution in [0.5, 0.6) is 0 Å². The molecule has 1 fully saturated rings. The third-order valence-corrected chi connectivity index (χ3v) is 3.51. The fraction of sp³-hybridized carbons (Fsp3) is 0.462. The van der Waals surface area contributed by atoms with Crippen LogP contribution >= 0.6 is 0 Å². The van der Waals surface area contributed by atoms with Gasteiger partial charge in [-0.05, 0) is 24.6 Å². The van der Waals surface area contributed by atoms with Crippen molar-refractivity contribution in [2.45, 2.75) is 13.5 Å². The topological polar surface area (TPSA) is 27.6 Å². The Labute approximate surface area is 100 Å². The predicted octanol–water partition coefficient (Wildman–Crippen LogP) is 1.56. The molecule has 0 unspecified atom stereocenters. The van der Waals surface area contributed by atoms with Gasteiger partial charge in [-0.3, -0.25) is 4.99 Å². The number of anilines is 1. The standard InChI is InChI=1S/C13H16FN3/c1-9-11-7-13(17-4-2-15-3-5-17)12(14)6-10(11)8-16-9/h6-7,15H,2-5,8H2,1H3. The van der Waals surface area contributed by atoms with Crippen LogP contribution in [0.4, 0.5) is 10.1 Å². The number of aliphatic imine (C=N–C) groups is 1. The molecule has 1 saturated heterocycles. The van der Waals surface area contributed by atoms with E-state index in [1.54, 1.807) is 6.07 Å². The molecule has 90 valence electrons. The number of nitrogens with zero attached hydrogens (tertiary/aromatic N) is 2. The molecule has 2 aliphatic rings. The quantitative estimate of drug-likeness (QED) is 0.797. The third-order valence-electron chi connectivity index (χ3n) is 3.51. The first-order chi connectivity index (χ1) is 8.25. The minimum absolute atomic E-state index is 0.115. The van der Waals surface area contributed by atoms with Gasteiger partial charge in [0, 0.05) is 37.5 Å². The summed E-state index contributed by atoms with van der Waals surface area (Å²) in [5, 5.41) is 3.28. The van der Waals surface area contributed by atoms with E-state index in [1.807, 2.05) is 13.0 Å². The van der Waals surface area contributed by atoms with Crippen LogP contribution in [0.25, 0.3) is 0 Å². The maximum Gasteiger partial charge on any atom is 0.146 e. The van der Waals surface area contributed by atoms with E-state index in [0.717, 1.165) is 48.7 Å². The second-order valence-corrected chi connectivity index (χ2v) is 4.60. The van der Waals surface area contributed by atoms with Crippen LogP contribution in [0.2, 0.25) is 0 Å². The van der Waals surface area contributed by atoms with Gasteiger partial charge in [0.25, 0.3) is 0 Å². The monoisotopic (exact) mass is 233 g/mol. The normalized spacial score (nSPS) is 19.2. The van der Waals surface area contributed by atoms with Crippen LogP contribution in [-0.2, 0) is 6.54 Å². The fourth-order valence-corrected chi connectivity index (χ4v) is 2.51. The van der Waals surface area contributed by atoms with Crippen LogP contribution in [0.3, 0.4) is 0 Å². The number of rotatable bonds is 1. The lowest BCUT2D eigenvalue weighted by Gasteiger charge is -2.30. The van der Waals surface area contributed by atoms with Gasteiger partial charge >= 0.3 is 0 Å². The highest BCUT2D eigenvalue weighted by atomic mass is 19.1. The van der Waals surface area contributed by atoms with Gasteiger partial charge in [0.05, 0.1) is 12.2 Å². The summed E-state index contributed by atoms with van der Waals surface area (Å²) in [5.74, 6) is -0.115. The lowest BCUT2D eigenvalue weighted by molar-refractivity contribution is 0.566. The molecule has 0 atom stereocenters. The molecular weight excluding hydrogens is 217 g/mol. The lowest BCUT2D eigenvalue weighted by atomic mass is 10.0. The van der Waals surface area contributed by atoms with E-state index in [-0.39, 0.29) is 5.82 Å². The van der Waals surface area contributed by atoms with Crippen molar-refractivity contribution in [3.63, 3.8) is 0 Å². The van der Waals surface area contributed by atoms with E-state index in [4.69, 9.17) is 0 Å². The molecule has 0 aliphatic carbocycles. The van der Waals surface area contributed by atoms with Gasteiger partial charge in [0.15, 0.2) is 0 Å². The summed E-state index contributed by atoms with van der Waals surface area (Å²) in [6.07, 6.45) is 0. The Bertz CT molecular complexity index is 476. The van der Waals surface area contributed by atoms with E-state index < -0.39 is 0 Å². The highest BCUT2D eigenvalue weighted by molar-refractivity contribution is 6.02. The van der Waals surface area contributed by atoms with Crippen LogP contribution in [0, 0.1) is 5.82 Å². The van der Waals surface area contributed by atoms with Crippen LogP contribution < -0.4 is 10.2 Å². The van der Waals surface area contributed by atoms with Gasteiger partial charge in [-0.1, -0.05) is 0 Å². The van der Waals surface area contributed by atoms with Gasteiger partial charge in [0.2, 0.25) is 0 Å². The minimum atomic E-state index is -0.115. The summed E-state index contributed by atoms with van der Waals surface area (Å²) in [5.41, 5.74) is 3.87. The van der Waals surface area contributed by atoms with Crippen LogP contribution in [0.1, 0.15) is 18.1 Å². The summed E-state index contributed by atoms with van der Waals surface area (Å²) in [7, 11) is 0. The van der Waals surface area contributed by atoms with E-state index in [1.165, 1.54) is 0 Å². The molecule has 1 aromatic rings. The zero-order valence-corrected chi connectivity index (χ0v) is 9.96. The summed E-state index contributed by atoms with van der Waals surface area (Å²) in [6, 6.07) is 3.61. The molecule has 0 saturated carbocycles. The zero-order valence-electron chi connectivity index (χ0n) is 9.96. The van der Waals surface area contributed by atoms with E-state index in [0.29, 0.717) is 6.54 Å². The molecule has 0 bridgehead atoms. The van der Waals surface area contributed by atoms with Gasteiger partial charge in [-0.15, -0.1) is 0 Å². The van der Waals surface area contributed by atoms with Gasteiger partial charge in [-0.25, -0.2) is 4.39 Å². The van der Waals surface area contributed by atoms with Crippen molar-refractivity contribution in [2.24, 2.45) is 4.99 Å². The predicted molar refractivity (Wildman–Crippen MR) is 67.4 cm³/mol. The second-order valence-electron chi connectivity index (χ2n) is 4.60. The maximum absolute atomic E-state index is 14.0. The Morgan fingerprint density at radius 1 is 1.29 bits per heavy atom. The van der Waals surface area contributed by atoms with Crippen molar-refractivity contribution in [1.29, 1.82) is 0 Å². The lowest BCUT2D eigenvalue weighted by Crippen LogP contribution is -2.44. The van der Waals surface area contributed by atoms with E-state index in [9.17, 15) is 4.39 Å². The molecule has 1 N–H and O–H groups in total. The van der Waals surface area contributed by atoms with Crippen LogP contribution in [-0.4, -0.2) is 31.9 Å². The first-order valence-electron chi connectivity index (χ1n) is 6.05. The second kappa shape index (κ2) is 4.11. The van der Waals surface area contributed by atoms with Crippen LogP contribution in [0.15, 0.2) is 17.1 Å². The van der Waals surface area contributed by atoms with Crippen molar-refractivity contribution in [3.8, 4) is 0 Å². The average molecular weight is 233 g/mol. The Morgan fingerprint density at radius 2 is 2.06 bits per heavy atom. The summed E-state index contributed by atoms with van der Waals surface area (Å²) in [4.78, 5) is 6.46. The first kappa shape index (κ1) is 10.7. The van der Waals surface area contributed by atoms with Crippen molar-refractivity contribution in [2.75, 3.05) is 31.1 Å². The molecule has 0 amide bonds. The number of halogens is 1. The van der Waals surface area contributed by atoms with Crippen molar-refractivity contribution in [1.82, 2.24) is 5.32 Å². The number of nitrogens with one attached hydrogen (secondary N) is 1. The molecule has 2 aliphatic heterocycles. The Hall–Kier alpha value is -1.42. The highest BCUT2D eigenvalue weighted by Gasteiger charge is 2.20. The van der Waals surface area contributed by atoms with Gasteiger partial charge < -0.3 is 10.2 Å². The number of fused-ring (bicyclic) bond motifs is 1. The van der Waals surface area contributed by atoms with Crippen molar-refractivity contribution in [3.05, 3.63) is 29.1 Å². The number of benzene rings is 1. The molecule has 17 heavy (non-hydrogen) atoms. The average Bonchev–Trinajstić information content (AvgIpc) is 2.70. The molecule has 0 spiro atoms. The van der Waals surface area contributed by atoms with E-state index in [2.05, 4.69) is 15.2 Å². The molecule has 3 nitrogen and oxygen atoms in total. The summed E-state index contributed by atoms with van der Waals surface area (Å²) in [6.45, 7) is 6.19. The molecule has 1 aromatic carbocycles.